The Morgan fingerprint density at radius 2 is 1.88 bits per heavy atom. The van der Waals surface area contributed by atoms with Gasteiger partial charge in [-0.15, -0.1) is 0 Å². The minimum absolute atomic E-state index is 0.0562. The maximum atomic E-state index is 11.6. The number of Topliss-reactive ketones (excluding diaryl/α,β-unsaturated/α-hetero) is 1. The van der Waals surface area contributed by atoms with Crippen LogP contribution < -0.4 is 0 Å². The molecule has 1 aliphatic rings. The minimum Gasteiger partial charge on any atom is -0.465 e. The van der Waals surface area contributed by atoms with Crippen LogP contribution in [0.25, 0.3) is 0 Å². The van der Waals surface area contributed by atoms with E-state index in [1.165, 1.54) is 39.0 Å². The molecule has 0 bridgehead atoms. The van der Waals surface area contributed by atoms with E-state index < -0.39 is 5.92 Å². The molecule has 0 aromatic heterocycles. The van der Waals surface area contributed by atoms with Crippen LogP contribution in [0.2, 0.25) is 0 Å². The molecule has 17 heavy (non-hydrogen) atoms. The Morgan fingerprint density at radius 1 is 1.24 bits per heavy atom. The third-order valence-electron chi connectivity index (χ3n) is 3.65. The van der Waals surface area contributed by atoms with Crippen molar-refractivity contribution in [2.24, 2.45) is 11.8 Å². The number of ketones is 1. The third kappa shape index (κ3) is 4.88. The summed E-state index contributed by atoms with van der Waals surface area (Å²) >= 11 is 0. The third-order valence-corrected chi connectivity index (χ3v) is 3.65. The molecular weight excluding hydrogens is 216 g/mol. The highest BCUT2D eigenvalue weighted by molar-refractivity contribution is 5.97. The summed E-state index contributed by atoms with van der Waals surface area (Å²) in [4.78, 5) is 23.0. The maximum absolute atomic E-state index is 11.6. The molecule has 1 saturated carbocycles. The quantitative estimate of drug-likeness (QED) is 0.529. The van der Waals surface area contributed by atoms with Crippen molar-refractivity contribution in [3.05, 3.63) is 0 Å². The van der Waals surface area contributed by atoms with Gasteiger partial charge in [0.1, 0.15) is 11.7 Å². The molecule has 0 aromatic carbocycles. The van der Waals surface area contributed by atoms with Gasteiger partial charge >= 0.3 is 5.97 Å². The lowest BCUT2D eigenvalue weighted by Gasteiger charge is -2.22. The zero-order chi connectivity index (χ0) is 12.7. The van der Waals surface area contributed by atoms with Gasteiger partial charge in [0.05, 0.1) is 6.61 Å². The average molecular weight is 240 g/mol. The second kappa shape index (κ2) is 7.46. The first kappa shape index (κ1) is 14.2. The van der Waals surface area contributed by atoms with Gasteiger partial charge in [-0.05, 0) is 32.6 Å². The first-order chi connectivity index (χ1) is 8.15. The second-order valence-corrected chi connectivity index (χ2v) is 5.00. The number of carbonyl (C=O) groups excluding carboxylic acids is 2. The smallest absolute Gasteiger partial charge is 0.316 e. The van der Waals surface area contributed by atoms with Gasteiger partial charge < -0.3 is 4.74 Å². The molecular formula is C14H24O3. The molecule has 1 rings (SSSR count). The summed E-state index contributed by atoms with van der Waals surface area (Å²) in [6.45, 7) is 3.62. The largest absolute Gasteiger partial charge is 0.465 e. The molecule has 0 amide bonds. The van der Waals surface area contributed by atoms with E-state index in [0.29, 0.717) is 18.9 Å². The van der Waals surface area contributed by atoms with Gasteiger partial charge in [-0.2, -0.15) is 0 Å². The van der Waals surface area contributed by atoms with Crippen molar-refractivity contribution < 1.29 is 14.3 Å². The lowest BCUT2D eigenvalue weighted by atomic mass is 9.83. The first-order valence-electron chi connectivity index (χ1n) is 6.82. The molecule has 1 atom stereocenters. The maximum Gasteiger partial charge on any atom is 0.316 e. The molecule has 0 aromatic rings. The van der Waals surface area contributed by atoms with E-state index in [-0.39, 0.29) is 11.8 Å². The summed E-state index contributed by atoms with van der Waals surface area (Å²) < 4.78 is 4.95. The highest BCUT2D eigenvalue weighted by Crippen LogP contribution is 2.29. The van der Waals surface area contributed by atoms with Gasteiger partial charge in [0, 0.05) is 0 Å². The molecule has 0 aliphatic heterocycles. The summed E-state index contributed by atoms with van der Waals surface area (Å²) in [6.07, 6.45) is 8.11. The van der Waals surface area contributed by atoms with E-state index in [2.05, 4.69) is 0 Å². The van der Waals surface area contributed by atoms with Crippen LogP contribution >= 0.6 is 0 Å². The fourth-order valence-corrected chi connectivity index (χ4v) is 2.61. The van der Waals surface area contributed by atoms with Crippen molar-refractivity contribution >= 4 is 11.8 Å². The molecule has 3 heteroatoms. The second-order valence-electron chi connectivity index (χ2n) is 5.00. The number of hydrogen-bond acceptors (Lipinski definition) is 3. The molecule has 0 spiro atoms. The Labute approximate surface area is 104 Å². The van der Waals surface area contributed by atoms with E-state index >= 15 is 0 Å². The van der Waals surface area contributed by atoms with Gasteiger partial charge in [0.15, 0.2) is 0 Å². The Bertz CT molecular complexity index is 254. The normalized spacial score (nSPS) is 18.7. The molecule has 0 radical (unpaired) electrons. The molecule has 0 saturated heterocycles. The molecule has 1 fully saturated rings. The number of rotatable bonds is 6. The summed E-state index contributed by atoms with van der Waals surface area (Å²) in [6, 6.07) is 0. The van der Waals surface area contributed by atoms with Crippen LogP contribution in [0.4, 0.5) is 0 Å². The number of carbonyl (C=O) groups is 2. The zero-order valence-corrected chi connectivity index (χ0v) is 11.0. The predicted molar refractivity (Wildman–Crippen MR) is 66.6 cm³/mol. The first-order valence-corrected chi connectivity index (χ1v) is 6.82. The van der Waals surface area contributed by atoms with E-state index in [0.717, 1.165) is 6.42 Å². The van der Waals surface area contributed by atoms with Crippen LogP contribution in [0.5, 0.6) is 0 Å². The van der Waals surface area contributed by atoms with Crippen molar-refractivity contribution in [2.45, 2.75) is 58.8 Å². The molecule has 0 unspecified atom stereocenters. The Hall–Kier alpha value is -0.860. The van der Waals surface area contributed by atoms with E-state index in [1.807, 2.05) is 0 Å². The molecule has 1 aliphatic carbocycles. The van der Waals surface area contributed by atoms with E-state index in [1.54, 1.807) is 6.92 Å². The predicted octanol–water partition coefficient (Wildman–Crippen LogP) is 3.12. The van der Waals surface area contributed by atoms with Crippen LogP contribution in [0, 0.1) is 11.8 Å². The minimum atomic E-state index is -0.531. The standard InChI is InChI=1S/C14H24O3/c1-3-17-14(16)13(11(2)15)10-9-12-7-5-4-6-8-12/h12-13H,3-10H2,1-2H3/t13-/m1/s1. The Kier molecular flexibility index (Phi) is 6.23. The van der Waals surface area contributed by atoms with E-state index in [9.17, 15) is 9.59 Å². The van der Waals surface area contributed by atoms with Crippen molar-refractivity contribution in [1.29, 1.82) is 0 Å². The van der Waals surface area contributed by atoms with Gasteiger partial charge in [0.25, 0.3) is 0 Å². The van der Waals surface area contributed by atoms with Crippen LogP contribution in [0.3, 0.4) is 0 Å². The van der Waals surface area contributed by atoms with Crippen molar-refractivity contribution in [1.82, 2.24) is 0 Å². The molecule has 0 heterocycles. The topological polar surface area (TPSA) is 43.4 Å². The fourth-order valence-electron chi connectivity index (χ4n) is 2.61. The Morgan fingerprint density at radius 3 is 2.41 bits per heavy atom. The Balaban J connectivity index is 2.38. The van der Waals surface area contributed by atoms with E-state index in [4.69, 9.17) is 4.74 Å². The summed E-state index contributed by atoms with van der Waals surface area (Å²) in [5.74, 6) is -0.216. The van der Waals surface area contributed by atoms with Crippen molar-refractivity contribution in [3.8, 4) is 0 Å². The lowest BCUT2D eigenvalue weighted by Crippen LogP contribution is -2.25. The number of ether oxygens (including phenoxy) is 1. The van der Waals surface area contributed by atoms with Crippen LogP contribution in [-0.2, 0) is 14.3 Å². The molecule has 0 N–H and O–H groups in total. The van der Waals surface area contributed by atoms with Gasteiger partial charge in [-0.25, -0.2) is 0 Å². The number of esters is 1. The SMILES string of the molecule is CCOC(=O)[C@H](CCC1CCCCC1)C(C)=O. The highest BCUT2D eigenvalue weighted by atomic mass is 16.5. The summed E-state index contributed by atoms with van der Waals surface area (Å²) in [7, 11) is 0. The summed E-state index contributed by atoms with van der Waals surface area (Å²) in [5.41, 5.74) is 0. The monoisotopic (exact) mass is 240 g/mol. The van der Waals surface area contributed by atoms with Crippen LogP contribution in [0.1, 0.15) is 58.8 Å². The highest BCUT2D eigenvalue weighted by Gasteiger charge is 2.26. The molecule has 98 valence electrons. The molecule has 3 nitrogen and oxygen atoms in total. The fraction of sp³-hybridized carbons (Fsp3) is 0.857. The van der Waals surface area contributed by atoms with Crippen molar-refractivity contribution in [2.75, 3.05) is 6.61 Å². The van der Waals surface area contributed by atoms with Crippen LogP contribution in [-0.4, -0.2) is 18.4 Å². The van der Waals surface area contributed by atoms with Crippen molar-refractivity contribution in [3.63, 3.8) is 0 Å². The number of hydrogen-bond donors (Lipinski definition) is 0. The summed E-state index contributed by atoms with van der Waals surface area (Å²) in [5, 5.41) is 0. The zero-order valence-electron chi connectivity index (χ0n) is 11.0. The van der Waals surface area contributed by atoms with Gasteiger partial charge in [-0.3, -0.25) is 9.59 Å². The average Bonchev–Trinajstić information content (AvgIpc) is 2.30. The van der Waals surface area contributed by atoms with Gasteiger partial charge in [-0.1, -0.05) is 32.1 Å². The van der Waals surface area contributed by atoms with Gasteiger partial charge in [0.2, 0.25) is 0 Å². The van der Waals surface area contributed by atoms with Crippen LogP contribution in [0.15, 0.2) is 0 Å². The lowest BCUT2D eigenvalue weighted by molar-refractivity contribution is -0.151.